The van der Waals surface area contributed by atoms with Crippen molar-refractivity contribution in [2.75, 3.05) is 19.6 Å². The molecule has 8 heteroatoms. The Balaban J connectivity index is 1.41. The van der Waals surface area contributed by atoms with E-state index >= 15 is 0 Å². The highest BCUT2D eigenvalue weighted by Crippen LogP contribution is 2.41. The van der Waals surface area contributed by atoms with Crippen molar-refractivity contribution in [1.29, 1.82) is 0 Å². The summed E-state index contributed by atoms with van der Waals surface area (Å²) in [6, 6.07) is 3.08. The summed E-state index contributed by atoms with van der Waals surface area (Å²) in [5, 5.41) is 9.91. The molecule has 1 N–H and O–H groups in total. The molecule has 2 fully saturated rings. The smallest absolute Gasteiger partial charge is 0.276 e. The summed E-state index contributed by atoms with van der Waals surface area (Å²) >= 11 is 0. The van der Waals surface area contributed by atoms with Crippen LogP contribution in [0.25, 0.3) is 0 Å². The number of aromatic hydroxyl groups is 1. The molecule has 0 atom stereocenters. The zero-order valence-corrected chi connectivity index (χ0v) is 16.5. The topological polar surface area (TPSA) is 99.5 Å². The Bertz CT molecular complexity index is 907. The van der Waals surface area contributed by atoms with Gasteiger partial charge in [0.15, 0.2) is 5.69 Å². The highest BCUT2D eigenvalue weighted by atomic mass is 16.3. The molecule has 4 heterocycles. The number of amides is 2. The lowest BCUT2D eigenvalue weighted by molar-refractivity contribution is -0.139. The van der Waals surface area contributed by atoms with E-state index < -0.39 is 0 Å². The van der Waals surface area contributed by atoms with Crippen molar-refractivity contribution in [3.05, 3.63) is 47.8 Å². The van der Waals surface area contributed by atoms with E-state index in [1.807, 2.05) is 11.8 Å². The number of carbonyl (C=O) groups excluding carboxylic acids is 2. The van der Waals surface area contributed by atoms with E-state index in [0.29, 0.717) is 32.6 Å². The van der Waals surface area contributed by atoms with Crippen LogP contribution in [-0.4, -0.2) is 61.3 Å². The molecular weight excluding hydrogens is 370 g/mol. The largest absolute Gasteiger partial charge is 0.505 e. The molecule has 0 bridgehead atoms. The Morgan fingerprint density at radius 2 is 1.97 bits per heavy atom. The number of aryl methyl sites for hydroxylation is 1. The molecule has 0 saturated carbocycles. The van der Waals surface area contributed by atoms with Crippen molar-refractivity contribution < 1.29 is 14.7 Å². The predicted octanol–water partition coefficient (Wildman–Crippen LogP) is 1.93. The lowest BCUT2D eigenvalue weighted by atomic mass is 9.72. The molecule has 8 nitrogen and oxygen atoms in total. The quantitative estimate of drug-likeness (QED) is 0.853. The van der Waals surface area contributed by atoms with Gasteiger partial charge >= 0.3 is 0 Å². The van der Waals surface area contributed by atoms with E-state index in [-0.39, 0.29) is 28.7 Å². The van der Waals surface area contributed by atoms with Crippen LogP contribution in [0, 0.1) is 12.3 Å². The Kier molecular flexibility index (Phi) is 5.17. The number of hydrogen-bond donors (Lipinski definition) is 1. The number of piperidine rings is 2. The average molecular weight is 395 g/mol. The first-order chi connectivity index (χ1) is 14.0. The molecule has 0 unspecified atom stereocenters. The fourth-order valence-electron chi connectivity index (χ4n) is 4.25. The molecule has 1 spiro atoms. The third-order valence-electron chi connectivity index (χ3n) is 6.04. The van der Waals surface area contributed by atoms with Gasteiger partial charge in [-0.3, -0.25) is 19.6 Å². The minimum atomic E-state index is -0.239. The van der Waals surface area contributed by atoms with E-state index in [9.17, 15) is 14.7 Å². The van der Waals surface area contributed by atoms with Crippen LogP contribution in [0.1, 0.15) is 47.6 Å². The predicted molar refractivity (Wildman–Crippen MR) is 105 cm³/mol. The fraction of sp³-hybridized carbons (Fsp3) is 0.476. The molecule has 29 heavy (non-hydrogen) atoms. The van der Waals surface area contributed by atoms with Crippen molar-refractivity contribution in [3.8, 4) is 5.75 Å². The van der Waals surface area contributed by atoms with Crippen LogP contribution < -0.4 is 0 Å². The number of aromatic nitrogens is 3. The zero-order valence-electron chi connectivity index (χ0n) is 16.5. The lowest BCUT2D eigenvalue weighted by Crippen LogP contribution is -2.52. The number of pyridine rings is 1. The first kappa shape index (κ1) is 19.3. The highest BCUT2D eigenvalue weighted by Gasteiger charge is 2.42. The van der Waals surface area contributed by atoms with E-state index in [4.69, 9.17) is 0 Å². The standard InChI is InChI=1S/C21H25N5O3/c1-15-11-24-16(12-23-15)13-26-14-21(5-4-18(26)28)6-9-25(10-7-21)20(29)19-17(27)3-2-8-22-19/h2-3,8,11-12,27H,4-7,9-10,13-14H2,1H3. The van der Waals surface area contributed by atoms with Gasteiger partial charge in [-0.15, -0.1) is 0 Å². The molecule has 0 aliphatic carbocycles. The van der Waals surface area contributed by atoms with Crippen LogP contribution >= 0.6 is 0 Å². The van der Waals surface area contributed by atoms with Gasteiger partial charge in [-0.25, -0.2) is 4.98 Å². The molecule has 0 radical (unpaired) electrons. The zero-order chi connectivity index (χ0) is 20.4. The highest BCUT2D eigenvalue weighted by molar-refractivity contribution is 5.94. The molecular formula is C21H25N5O3. The molecule has 2 aromatic rings. The van der Waals surface area contributed by atoms with E-state index in [2.05, 4.69) is 15.0 Å². The molecule has 4 rings (SSSR count). The SMILES string of the molecule is Cc1cnc(CN2CC3(CCC2=O)CCN(C(=O)c2ncccc2O)CC3)cn1. The van der Waals surface area contributed by atoms with Gasteiger partial charge in [0.25, 0.3) is 5.91 Å². The van der Waals surface area contributed by atoms with Crippen LogP contribution in [0.5, 0.6) is 5.75 Å². The van der Waals surface area contributed by atoms with Crippen LogP contribution in [0.4, 0.5) is 0 Å². The van der Waals surface area contributed by atoms with Gasteiger partial charge in [0.2, 0.25) is 5.91 Å². The minimum Gasteiger partial charge on any atom is -0.505 e. The number of nitrogens with zero attached hydrogens (tertiary/aromatic N) is 5. The molecule has 2 aliphatic rings. The third kappa shape index (κ3) is 4.06. The Morgan fingerprint density at radius 1 is 1.17 bits per heavy atom. The number of carbonyl (C=O) groups is 2. The number of likely N-dealkylation sites (tertiary alicyclic amines) is 2. The van der Waals surface area contributed by atoms with Crippen molar-refractivity contribution in [3.63, 3.8) is 0 Å². The summed E-state index contributed by atoms with van der Waals surface area (Å²) in [5.74, 6) is -0.182. The normalized spacial score (nSPS) is 18.9. The first-order valence-electron chi connectivity index (χ1n) is 9.94. The number of rotatable bonds is 3. The lowest BCUT2D eigenvalue weighted by Gasteiger charge is -2.47. The average Bonchev–Trinajstić information content (AvgIpc) is 2.73. The fourth-order valence-corrected chi connectivity index (χ4v) is 4.25. The van der Waals surface area contributed by atoms with Crippen LogP contribution in [-0.2, 0) is 11.3 Å². The van der Waals surface area contributed by atoms with Gasteiger partial charge in [0.05, 0.1) is 24.1 Å². The number of hydrogen-bond acceptors (Lipinski definition) is 6. The second-order valence-corrected chi connectivity index (χ2v) is 8.06. The van der Waals surface area contributed by atoms with Gasteiger partial charge in [-0.2, -0.15) is 0 Å². The molecule has 2 saturated heterocycles. The Hall–Kier alpha value is -3.03. The first-order valence-corrected chi connectivity index (χ1v) is 9.94. The molecule has 152 valence electrons. The van der Waals surface area contributed by atoms with Crippen LogP contribution in [0.2, 0.25) is 0 Å². The summed E-state index contributed by atoms with van der Waals surface area (Å²) in [5.41, 5.74) is 1.77. The maximum Gasteiger partial charge on any atom is 0.276 e. The maximum atomic E-state index is 12.7. The molecule has 2 aliphatic heterocycles. The summed E-state index contributed by atoms with van der Waals surface area (Å²) in [4.78, 5) is 41.5. The summed E-state index contributed by atoms with van der Waals surface area (Å²) in [6.07, 6.45) is 7.98. The summed E-state index contributed by atoms with van der Waals surface area (Å²) in [6.45, 7) is 4.23. The minimum absolute atomic E-state index is 0.0228. The van der Waals surface area contributed by atoms with E-state index in [0.717, 1.165) is 30.7 Å². The molecule has 2 aromatic heterocycles. The van der Waals surface area contributed by atoms with Gasteiger partial charge in [-0.05, 0) is 43.7 Å². The van der Waals surface area contributed by atoms with Crippen molar-refractivity contribution in [2.45, 2.75) is 39.2 Å². The monoisotopic (exact) mass is 395 g/mol. The van der Waals surface area contributed by atoms with Gasteiger partial charge in [0, 0.05) is 38.4 Å². The van der Waals surface area contributed by atoms with Crippen LogP contribution in [0.3, 0.4) is 0 Å². The van der Waals surface area contributed by atoms with Crippen molar-refractivity contribution >= 4 is 11.8 Å². The molecule has 0 aromatic carbocycles. The van der Waals surface area contributed by atoms with Crippen molar-refractivity contribution in [1.82, 2.24) is 24.8 Å². The summed E-state index contributed by atoms with van der Waals surface area (Å²) in [7, 11) is 0. The van der Waals surface area contributed by atoms with Gasteiger partial charge in [0.1, 0.15) is 5.75 Å². The third-order valence-corrected chi connectivity index (χ3v) is 6.04. The Labute approximate surface area is 169 Å². The van der Waals surface area contributed by atoms with Crippen molar-refractivity contribution in [2.24, 2.45) is 5.41 Å². The Morgan fingerprint density at radius 3 is 2.66 bits per heavy atom. The van der Waals surface area contributed by atoms with Crippen LogP contribution in [0.15, 0.2) is 30.7 Å². The second-order valence-electron chi connectivity index (χ2n) is 8.06. The summed E-state index contributed by atoms with van der Waals surface area (Å²) < 4.78 is 0. The second kappa shape index (κ2) is 7.77. The van der Waals surface area contributed by atoms with E-state index in [1.165, 1.54) is 12.3 Å². The van der Waals surface area contributed by atoms with E-state index in [1.54, 1.807) is 23.4 Å². The van der Waals surface area contributed by atoms with Gasteiger partial charge < -0.3 is 14.9 Å². The molecule has 2 amide bonds. The van der Waals surface area contributed by atoms with Gasteiger partial charge in [-0.1, -0.05) is 0 Å². The maximum absolute atomic E-state index is 12.7.